The SMILES string of the molecule is CC[C@H](NS(=O)(=O)c1ccc(OC)cc1OC)c1ccc(Cl)cc1. The van der Waals surface area contributed by atoms with Gasteiger partial charge in [0.25, 0.3) is 0 Å². The molecule has 2 rings (SSSR count). The van der Waals surface area contributed by atoms with Crippen LogP contribution in [0, 0.1) is 0 Å². The summed E-state index contributed by atoms with van der Waals surface area (Å²) in [4.78, 5) is 0.0678. The summed E-state index contributed by atoms with van der Waals surface area (Å²) < 4.78 is 38.5. The summed E-state index contributed by atoms with van der Waals surface area (Å²) in [6.07, 6.45) is 0.597. The number of rotatable bonds is 7. The Hall–Kier alpha value is -1.76. The molecule has 0 spiro atoms. The van der Waals surface area contributed by atoms with E-state index in [1.54, 1.807) is 18.2 Å². The molecule has 0 saturated heterocycles. The molecule has 0 heterocycles. The average molecular weight is 370 g/mol. The number of hydrogen-bond donors (Lipinski definition) is 1. The minimum atomic E-state index is -3.76. The summed E-state index contributed by atoms with van der Waals surface area (Å²) in [7, 11) is -0.831. The Morgan fingerprint density at radius 1 is 1.08 bits per heavy atom. The highest BCUT2D eigenvalue weighted by molar-refractivity contribution is 7.89. The molecule has 0 bridgehead atoms. The second kappa shape index (κ2) is 7.88. The molecule has 2 aromatic rings. The van der Waals surface area contributed by atoms with Crippen LogP contribution in [0.15, 0.2) is 47.4 Å². The Kier molecular flexibility index (Phi) is 6.10. The van der Waals surface area contributed by atoms with Crippen LogP contribution in [0.25, 0.3) is 0 Å². The summed E-state index contributed by atoms with van der Waals surface area (Å²) in [5.74, 6) is 0.753. The highest BCUT2D eigenvalue weighted by Crippen LogP contribution is 2.30. The van der Waals surface area contributed by atoms with Gasteiger partial charge in [0.05, 0.1) is 14.2 Å². The summed E-state index contributed by atoms with van der Waals surface area (Å²) in [5.41, 5.74) is 0.845. The molecule has 0 aliphatic rings. The molecule has 7 heteroatoms. The van der Waals surface area contributed by atoms with Crippen molar-refractivity contribution < 1.29 is 17.9 Å². The Morgan fingerprint density at radius 3 is 2.29 bits per heavy atom. The fourth-order valence-corrected chi connectivity index (χ4v) is 3.91. The molecule has 130 valence electrons. The topological polar surface area (TPSA) is 64.6 Å². The normalized spacial score (nSPS) is 12.7. The van der Waals surface area contributed by atoms with Gasteiger partial charge in [0.2, 0.25) is 10.0 Å². The van der Waals surface area contributed by atoms with Crippen LogP contribution >= 0.6 is 11.6 Å². The van der Waals surface area contributed by atoms with E-state index in [-0.39, 0.29) is 16.7 Å². The molecule has 1 atom stereocenters. The summed E-state index contributed by atoms with van der Waals surface area (Å²) in [6.45, 7) is 1.91. The maximum Gasteiger partial charge on any atom is 0.244 e. The number of sulfonamides is 1. The first-order valence-electron chi connectivity index (χ1n) is 7.41. The van der Waals surface area contributed by atoms with Crippen molar-refractivity contribution in [3.05, 3.63) is 53.1 Å². The molecule has 0 aromatic heterocycles. The van der Waals surface area contributed by atoms with Crippen LogP contribution in [0.4, 0.5) is 0 Å². The zero-order chi connectivity index (χ0) is 17.7. The molecule has 1 N–H and O–H groups in total. The predicted molar refractivity (Wildman–Crippen MR) is 94.4 cm³/mol. The Morgan fingerprint density at radius 2 is 1.75 bits per heavy atom. The Bertz CT molecular complexity index is 791. The van der Waals surface area contributed by atoms with Crippen LogP contribution in [0.5, 0.6) is 11.5 Å². The Balaban J connectivity index is 2.34. The van der Waals surface area contributed by atoms with Gasteiger partial charge in [-0.2, -0.15) is 0 Å². The van der Waals surface area contributed by atoms with Crippen molar-refractivity contribution in [1.29, 1.82) is 0 Å². The van der Waals surface area contributed by atoms with Gasteiger partial charge in [-0.25, -0.2) is 13.1 Å². The molecule has 0 radical (unpaired) electrons. The van der Waals surface area contributed by atoms with Crippen molar-refractivity contribution in [2.24, 2.45) is 0 Å². The van der Waals surface area contributed by atoms with Gasteiger partial charge in [0.1, 0.15) is 16.4 Å². The lowest BCUT2D eigenvalue weighted by Gasteiger charge is -2.19. The molecular formula is C17H20ClNO4S. The van der Waals surface area contributed by atoms with Crippen LogP contribution < -0.4 is 14.2 Å². The van der Waals surface area contributed by atoms with Crippen LogP contribution in [-0.2, 0) is 10.0 Å². The predicted octanol–water partition coefficient (Wildman–Crippen LogP) is 3.79. The third-order valence-electron chi connectivity index (χ3n) is 3.64. The van der Waals surface area contributed by atoms with Gasteiger partial charge in [-0.3, -0.25) is 0 Å². The molecule has 0 unspecified atom stereocenters. The van der Waals surface area contributed by atoms with E-state index in [2.05, 4.69) is 4.72 Å². The van der Waals surface area contributed by atoms with Crippen molar-refractivity contribution in [3.63, 3.8) is 0 Å². The van der Waals surface area contributed by atoms with Crippen molar-refractivity contribution in [2.45, 2.75) is 24.3 Å². The van der Waals surface area contributed by atoms with Gasteiger partial charge < -0.3 is 9.47 Å². The molecule has 0 saturated carbocycles. The van der Waals surface area contributed by atoms with Crippen LogP contribution in [-0.4, -0.2) is 22.6 Å². The van der Waals surface area contributed by atoms with E-state index in [0.717, 1.165) is 5.56 Å². The number of ether oxygens (including phenoxy) is 2. The lowest BCUT2D eigenvalue weighted by atomic mass is 10.1. The molecule has 0 amide bonds. The number of hydrogen-bond acceptors (Lipinski definition) is 4. The first-order chi connectivity index (χ1) is 11.4. The standard InChI is InChI=1S/C17H20ClNO4S/c1-4-15(12-5-7-13(18)8-6-12)19-24(20,21)17-10-9-14(22-2)11-16(17)23-3/h5-11,15,19H,4H2,1-3H3/t15-/m0/s1. The van der Waals surface area contributed by atoms with Gasteiger partial charge in [-0.15, -0.1) is 0 Å². The van der Waals surface area contributed by atoms with Crippen molar-refractivity contribution in [1.82, 2.24) is 4.72 Å². The highest BCUT2D eigenvalue weighted by Gasteiger charge is 2.24. The number of halogens is 1. The number of benzene rings is 2. The maximum atomic E-state index is 12.8. The zero-order valence-electron chi connectivity index (χ0n) is 13.7. The van der Waals surface area contributed by atoms with E-state index < -0.39 is 10.0 Å². The van der Waals surface area contributed by atoms with Gasteiger partial charge in [-0.05, 0) is 36.2 Å². The number of nitrogens with one attached hydrogen (secondary N) is 1. The molecule has 2 aromatic carbocycles. The smallest absolute Gasteiger partial charge is 0.244 e. The molecule has 24 heavy (non-hydrogen) atoms. The third kappa shape index (κ3) is 4.20. The van der Waals surface area contributed by atoms with Crippen molar-refractivity contribution in [2.75, 3.05) is 14.2 Å². The van der Waals surface area contributed by atoms with Gasteiger partial charge in [0, 0.05) is 17.1 Å². The van der Waals surface area contributed by atoms with E-state index in [1.807, 2.05) is 19.1 Å². The third-order valence-corrected chi connectivity index (χ3v) is 5.40. The van der Waals surface area contributed by atoms with Crippen molar-refractivity contribution >= 4 is 21.6 Å². The highest BCUT2D eigenvalue weighted by atomic mass is 35.5. The summed E-state index contributed by atoms with van der Waals surface area (Å²) in [5, 5.41) is 0.605. The summed E-state index contributed by atoms with van der Waals surface area (Å²) >= 11 is 5.89. The van der Waals surface area contributed by atoms with E-state index in [0.29, 0.717) is 17.2 Å². The zero-order valence-corrected chi connectivity index (χ0v) is 15.3. The van der Waals surface area contributed by atoms with Gasteiger partial charge >= 0.3 is 0 Å². The Labute approximate surface area is 147 Å². The van der Waals surface area contributed by atoms with Gasteiger partial charge in [-0.1, -0.05) is 30.7 Å². The quantitative estimate of drug-likeness (QED) is 0.806. The second-order valence-electron chi connectivity index (χ2n) is 5.15. The fraction of sp³-hybridized carbons (Fsp3) is 0.294. The van der Waals surface area contributed by atoms with Crippen LogP contribution in [0.2, 0.25) is 5.02 Å². The largest absolute Gasteiger partial charge is 0.497 e. The molecule has 0 fully saturated rings. The first-order valence-corrected chi connectivity index (χ1v) is 9.27. The van der Waals surface area contributed by atoms with Crippen LogP contribution in [0.3, 0.4) is 0 Å². The minimum absolute atomic E-state index is 0.0678. The van der Waals surface area contributed by atoms with E-state index in [4.69, 9.17) is 21.1 Å². The van der Waals surface area contributed by atoms with E-state index in [1.165, 1.54) is 26.4 Å². The molecule has 5 nitrogen and oxygen atoms in total. The van der Waals surface area contributed by atoms with Crippen LogP contribution in [0.1, 0.15) is 24.9 Å². The maximum absolute atomic E-state index is 12.8. The number of methoxy groups -OCH3 is 2. The molecule has 0 aliphatic carbocycles. The molecular weight excluding hydrogens is 350 g/mol. The van der Waals surface area contributed by atoms with E-state index >= 15 is 0 Å². The minimum Gasteiger partial charge on any atom is -0.497 e. The fourth-order valence-electron chi connectivity index (χ4n) is 2.33. The lowest BCUT2D eigenvalue weighted by molar-refractivity contribution is 0.385. The average Bonchev–Trinajstić information content (AvgIpc) is 2.59. The van der Waals surface area contributed by atoms with E-state index in [9.17, 15) is 8.42 Å². The summed E-state index contributed by atoms with van der Waals surface area (Å²) in [6, 6.07) is 11.3. The lowest BCUT2D eigenvalue weighted by Crippen LogP contribution is -2.28. The molecule has 0 aliphatic heterocycles. The monoisotopic (exact) mass is 369 g/mol. The van der Waals surface area contributed by atoms with Gasteiger partial charge in [0.15, 0.2) is 0 Å². The van der Waals surface area contributed by atoms with Crippen molar-refractivity contribution in [3.8, 4) is 11.5 Å². The first kappa shape index (κ1) is 18.6. The second-order valence-corrected chi connectivity index (χ2v) is 7.27.